The Hall–Kier alpha value is -2.75. The normalized spacial score (nSPS) is 10.5. The van der Waals surface area contributed by atoms with Crippen LogP contribution in [0.1, 0.15) is 11.4 Å². The second-order valence-corrected chi connectivity index (χ2v) is 4.97. The van der Waals surface area contributed by atoms with E-state index in [2.05, 4.69) is 22.1 Å². The number of aromatic nitrogens is 2. The molecule has 0 fully saturated rings. The lowest BCUT2D eigenvalue weighted by atomic mass is 9.97. The van der Waals surface area contributed by atoms with E-state index in [4.69, 9.17) is 9.47 Å². The topological polar surface area (TPSA) is 47.1 Å². The molecule has 4 heteroatoms. The average Bonchev–Trinajstić information content (AvgIpc) is 3.08. The van der Waals surface area contributed by atoms with Gasteiger partial charge in [-0.25, -0.2) is 4.98 Å². The van der Waals surface area contributed by atoms with Gasteiger partial charge >= 0.3 is 0 Å². The molecule has 0 amide bonds. The minimum atomic E-state index is 0.740. The quantitative estimate of drug-likeness (QED) is 0.780. The number of methoxy groups -OCH3 is 2. The largest absolute Gasteiger partial charge is 0.497 e. The summed E-state index contributed by atoms with van der Waals surface area (Å²) in [6.45, 7) is 0. The Kier molecular flexibility index (Phi) is 4.10. The number of nitrogens with one attached hydrogen (secondary N) is 1. The molecule has 0 spiro atoms. The molecule has 0 aliphatic carbocycles. The van der Waals surface area contributed by atoms with Crippen molar-refractivity contribution in [3.8, 4) is 22.6 Å². The fourth-order valence-electron chi connectivity index (χ4n) is 2.47. The van der Waals surface area contributed by atoms with Crippen LogP contribution in [0.2, 0.25) is 0 Å². The number of ether oxygens (including phenoxy) is 2. The Morgan fingerprint density at radius 1 is 1.00 bits per heavy atom. The SMILES string of the molecule is COc1cccc(-c2cc(OC)ccc2Cc2ncc[nH]2)c1. The van der Waals surface area contributed by atoms with E-state index in [1.54, 1.807) is 20.4 Å². The minimum Gasteiger partial charge on any atom is -0.497 e. The van der Waals surface area contributed by atoms with Crippen LogP contribution in [-0.4, -0.2) is 24.2 Å². The van der Waals surface area contributed by atoms with Crippen molar-refractivity contribution < 1.29 is 9.47 Å². The predicted molar refractivity (Wildman–Crippen MR) is 86.4 cm³/mol. The molecule has 3 aromatic rings. The van der Waals surface area contributed by atoms with E-state index in [0.29, 0.717) is 0 Å². The third-order valence-electron chi connectivity index (χ3n) is 3.61. The first kappa shape index (κ1) is 14.2. The molecule has 0 saturated heterocycles. The Labute approximate surface area is 129 Å². The summed E-state index contributed by atoms with van der Waals surface area (Å²) in [5, 5.41) is 0. The summed E-state index contributed by atoms with van der Waals surface area (Å²) in [7, 11) is 3.35. The van der Waals surface area contributed by atoms with Gasteiger partial charge in [-0.05, 0) is 41.0 Å². The van der Waals surface area contributed by atoms with Crippen molar-refractivity contribution in [1.29, 1.82) is 0 Å². The summed E-state index contributed by atoms with van der Waals surface area (Å²) >= 11 is 0. The second-order valence-electron chi connectivity index (χ2n) is 4.97. The highest BCUT2D eigenvalue weighted by Crippen LogP contribution is 2.31. The Bertz CT molecular complexity index is 752. The molecule has 4 nitrogen and oxygen atoms in total. The van der Waals surface area contributed by atoms with Gasteiger partial charge in [0.1, 0.15) is 17.3 Å². The zero-order valence-electron chi connectivity index (χ0n) is 12.7. The van der Waals surface area contributed by atoms with Crippen molar-refractivity contribution in [3.63, 3.8) is 0 Å². The standard InChI is InChI=1S/C18H18N2O2/c1-21-15-5-3-4-13(10-15)17-12-16(22-2)7-6-14(17)11-18-19-8-9-20-18/h3-10,12H,11H2,1-2H3,(H,19,20). The van der Waals surface area contributed by atoms with Crippen LogP contribution in [-0.2, 0) is 6.42 Å². The lowest BCUT2D eigenvalue weighted by Crippen LogP contribution is -1.96. The minimum absolute atomic E-state index is 0.740. The van der Waals surface area contributed by atoms with Gasteiger partial charge in [-0.15, -0.1) is 0 Å². The van der Waals surface area contributed by atoms with E-state index in [1.807, 2.05) is 36.5 Å². The molecule has 22 heavy (non-hydrogen) atoms. The van der Waals surface area contributed by atoms with Crippen LogP contribution in [0.3, 0.4) is 0 Å². The molecule has 0 aliphatic heterocycles. The van der Waals surface area contributed by atoms with Crippen LogP contribution in [0, 0.1) is 0 Å². The van der Waals surface area contributed by atoms with Crippen molar-refractivity contribution in [3.05, 3.63) is 66.2 Å². The van der Waals surface area contributed by atoms with Crippen molar-refractivity contribution in [2.75, 3.05) is 14.2 Å². The second kappa shape index (κ2) is 6.35. The lowest BCUT2D eigenvalue weighted by molar-refractivity contribution is 0.414. The maximum Gasteiger partial charge on any atom is 0.119 e. The molecular formula is C18H18N2O2. The van der Waals surface area contributed by atoms with Crippen LogP contribution in [0.4, 0.5) is 0 Å². The molecule has 1 aromatic heterocycles. The van der Waals surface area contributed by atoms with E-state index >= 15 is 0 Å². The first-order valence-electron chi connectivity index (χ1n) is 7.10. The molecule has 2 aromatic carbocycles. The van der Waals surface area contributed by atoms with Gasteiger partial charge in [0.15, 0.2) is 0 Å². The molecule has 0 aliphatic rings. The number of hydrogen-bond acceptors (Lipinski definition) is 3. The third kappa shape index (κ3) is 2.96. The molecule has 0 saturated carbocycles. The molecule has 0 atom stereocenters. The zero-order chi connectivity index (χ0) is 15.4. The summed E-state index contributed by atoms with van der Waals surface area (Å²) in [6.07, 6.45) is 4.34. The van der Waals surface area contributed by atoms with Gasteiger partial charge in [-0.3, -0.25) is 0 Å². The molecule has 0 bridgehead atoms. The molecule has 0 radical (unpaired) electrons. The van der Waals surface area contributed by atoms with Crippen LogP contribution >= 0.6 is 0 Å². The number of hydrogen-bond donors (Lipinski definition) is 1. The van der Waals surface area contributed by atoms with Gasteiger partial charge in [0.05, 0.1) is 14.2 Å². The first-order valence-corrected chi connectivity index (χ1v) is 7.10. The zero-order valence-corrected chi connectivity index (χ0v) is 12.7. The third-order valence-corrected chi connectivity index (χ3v) is 3.61. The predicted octanol–water partition coefficient (Wildman–Crippen LogP) is 3.68. The molecule has 1 N–H and O–H groups in total. The Morgan fingerprint density at radius 3 is 2.55 bits per heavy atom. The van der Waals surface area contributed by atoms with Crippen LogP contribution in [0.25, 0.3) is 11.1 Å². The van der Waals surface area contributed by atoms with Gasteiger partial charge in [0.25, 0.3) is 0 Å². The molecule has 0 unspecified atom stereocenters. The van der Waals surface area contributed by atoms with Gasteiger partial charge in [-0.2, -0.15) is 0 Å². The maximum atomic E-state index is 5.37. The van der Waals surface area contributed by atoms with Crippen molar-refractivity contribution in [2.24, 2.45) is 0 Å². The smallest absolute Gasteiger partial charge is 0.119 e. The molecular weight excluding hydrogens is 276 g/mol. The number of H-pyrrole nitrogens is 1. The van der Waals surface area contributed by atoms with Gasteiger partial charge in [0, 0.05) is 18.8 Å². The van der Waals surface area contributed by atoms with Gasteiger partial charge in [-0.1, -0.05) is 18.2 Å². The number of imidazole rings is 1. The average molecular weight is 294 g/mol. The molecule has 3 rings (SSSR count). The lowest BCUT2D eigenvalue weighted by Gasteiger charge is -2.12. The first-order chi connectivity index (χ1) is 10.8. The van der Waals surface area contributed by atoms with Gasteiger partial charge in [0.2, 0.25) is 0 Å². The fourth-order valence-corrected chi connectivity index (χ4v) is 2.47. The number of aromatic amines is 1. The van der Waals surface area contributed by atoms with E-state index in [9.17, 15) is 0 Å². The number of rotatable bonds is 5. The van der Waals surface area contributed by atoms with Crippen LogP contribution in [0.15, 0.2) is 54.9 Å². The highest BCUT2D eigenvalue weighted by molar-refractivity contribution is 5.70. The summed E-state index contributed by atoms with van der Waals surface area (Å²) in [6, 6.07) is 14.1. The Morgan fingerprint density at radius 2 is 1.82 bits per heavy atom. The monoisotopic (exact) mass is 294 g/mol. The highest BCUT2D eigenvalue weighted by atomic mass is 16.5. The Balaban J connectivity index is 2.06. The summed E-state index contributed by atoms with van der Waals surface area (Å²) in [4.78, 5) is 7.46. The fraction of sp³-hybridized carbons (Fsp3) is 0.167. The van der Waals surface area contributed by atoms with E-state index in [0.717, 1.165) is 34.9 Å². The number of nitrogens with zero attached hydrogens (tertiary/aromatic N) is 1. The molecule has 112 valence electrons. The summed E-state index contributed by atoms with van der Waals surface area (Å²) in [5.41, 5.74) is 3.40. The highest BCUT2D eigenvalue weighted by Gasteiger charge is 2.10. The maximum absolute atomic E-state index is 5.37. The summed E-state index contributed by atoms with van der Waals surface area (Å²) in [5.74, 6) is 2.61. The van der Waals surface area contributed by atoms with E-state index in [1.165, 1.54) is 5.56 Å². The van der Waals surface area contributed by atoms with Crippen LogP contribution in [0.5, 0.6) is 11.5 Å². The molecule has 1 heterocycles. The van der Waals surface area contributed by atoms with Crippen molar-refractivity contribution in [1.82, 2.24) is 9.97 Å². The van der Waals surface area contributed by atoms with Crippen molar-refractivity contribution >= 4 is 0 Å². The van der Waals surface area contributed by atoms with Crippen LogP contribution < -0.4 is 9.47 Å². The van der Waals surface area contributed by atoms with Crippen molar-refractivity contribution in [2.45, 2.75) is 6.42 Å². The summed E-state index contributed by atoms with van der Waals surface area (Å²) < 4.78 is 10.7. The van der Waals surface area contributed by atoms with E-state index < -0.39 is 0 Å². The number of benzene rings is 2. The van der Waals surface area contributed by atoms with Gasteiger partial charge < -0.3 is 14.5 Å². The van der Waals surface area contributed by atoms with E-state index in [-0.39, 0.29) is 0 Å².